The molecule has 2 aromatic rings. The average Bonchev–Trinajstić information content (AvgIpc) is 2.96. The third-order valence-electron chi connectivity index (χ3n) is 2.99. The summed E-state index contributed by atoms with van der Waals surface area (Å²) in [5, 5.41) is 8.84. The lowest BCUT2D eigenvalue weighted by Gasteiger charge is -2.20. The Morgan fingerprint density at radius 2 is 2.15 bits per heavy atom. The first-order chi connectivity index (χ1) is 9.31. The first-order valence-corrected chi connectivity index (χ1v) is 7.40. The van der Waals surface area contributed by atoms with Crippen LogP contribution < -0.4 is 5.32 Å². The second-order valence-corrected chi connectivity index (χ2v) is 6.51. The van der Waals surface area contributed by atoms with Gasteiger partial charge in [-0.25, -0.2) is 0 Å². The first-order valence-electron chi connectivity index (χ1n) is 6.52. The average molecular weight is 293 g/mol. The summed E-state index contributed by atoms with van der Waals surface area (Å²) in [7, 11) is 0. The summed E-state index contributed by atoms with van der Waals surface area (Å²) in [6.07, 6.45) is 0. The summed E-state index contributed by atoms with van der Waals surface area (Å²) in [5.41, 5.74) is 0.547. The molecule has 0 aliphatic heterocycles. The topological polar surface area (TPSA) is 68.0 Å². The third-order valence-corrected chi connectivity index (χ3v) is 3.90. The van der Waals surface area contributed by atoms with Crippen LogP contribution in [0.25, 0.3) is 10.8 Å². The van der Waals surface area contributed by atoms with Gasteiger partial charge in [0.05, 0.1) is 10.4 Å². The van der Waals surface area contributed by atoms with E-state index in [1.807, 2.05) is 19.2 Å². The number of aromatic nitrogens is 2. The van der Waals surface area contributed by atoms with Gasteiger partial charge in [0.15, 0.2) is 5.82 Å². The normalized spacial score (nSPS) is 11.9. The van der Waals surface area contributed by atoms with Crippen molar-refractivity contribution in [3.05, 3.63) is 22.8 Å². The molecule has 108 valence electrons. The maximum Gasteiger partial charge on any atom is 0.268 e. The van der Waals surface area contributed by atoms with Crippen LogP contribution in [0.15, 0.2) is 16.0 Å². The first kappa shape index (κ1) is 14.7. The van der Waals surface area contributed by atoms with Crippen LogP contribution >= 0.6 is 11.3 Å². The van der Waals surface area contributed by atoms with Crippen LogP contribution in [-0.4, -0.2) is 16.0 Å². The SMILES string of the molecule is CC(=O)NC(C)(C)c1noc(-c2sccc2C(C)C)n1. The Morgan fingerprint density at radius 3 is 2.75 bits per heavy atom. The molecular weight excluding hydrogens is 274 g/mol. The number of nitrogens with one attached hydrogen (secondary N) is 1. The van der Waals surface area contributed by atoms with Crippen molar-refractivity contribution in [2.45, 2.75) is 46.1 Å². The smallest absolute Gasteiger partial charge is 0.268 e. The van der Waals surface area contributed by atoms with E-state index >= 15 is 0 Å². The standard InChI is InChI=1S/C14H19N3O2S/c1-8(2)10-6-7-20-11(10)12-15-13(17-19-12)14(4,5)16-9(3)18/h6-8H,1-5H3,(H,16,18). The van der Waals surface area contributed by atoms with Crippen molar-refractivity contribution < 1.29 is 9.32 Å². The highest BCUT2D eigenvalue weighted by atomic mass is 32.1. The summed E-state index contributed by atoms with van der Waals surface area (Å²) in [6, 6.07) is 2.08. The van der Waals surface area contributed by atoms with Gasteiger partial charge in [0, 0.05) is 6.92 Å². The molecule has 0 spiro atoms. The number of carbonyl (C=O) groups excluding carboxylic acids is 1. The van der Waals surface area contributed by atoms with E-state index in [4.69, 9.17) is 4.52 Å². The molecule has 1 N–H and O–H groups in total. The van der Waals surface area contributed by atoms with E-state index in [9.17, 15) is 4.79 Å². The van der Waals surface area contributed by atoms with Crippen molar-refractivity contribution >= 4 is 17.2 Å². The molecule has 0 saturated carbocycles. The second kappa shape index (κ2) is 5.36. The van der Waals surface area contributed by atoms with Crippen LogP contribution in [0.5, 0.6) is 0 Å². The Bertz CT molecular complexity index is 613. The van der Waals surface area contributed by atoms with E-state index in [0.29, 0.717) is 17.6 Å². The van der Waals surface area contributed by atoms with E-state index in [-0.39, 0.29) is 5.91 Å². The van der Waals surface area contributed by atoms with Gasteiger partial charge in [0.2, 0.25) is 5.91 Å². The predicted molar refractivity (Wildman–Crippen MR) is 78.5 cm³/mol. The van der Waals surface area contributed by atoms with E-state index in [1.165, 1.54) is 12.5 Å². The molecule has 0 aliphatic carbocycles. The van der Waals surface area contributed by atoms with Crippen molar-refractivity contribution in [1.29, 1.82) is 0 Å². The Balaban J connectivity index is 2.33. The molecule has 0 bridgehead atoms. The fourth-order valence-electron chi connectivity index (χ4n) is 2.01. The molecule has 2 heterocycles. The number of nitrogens with zero attached hydrogens (tertiary/aromatic N) is 2. The van der Waals surface area contributed by atoms with Gasteiger partial charge >= 0.3 is 0 Å². The molecule has 0 fully saturated rings. The van der Waals surface area contributed by atoms with Crippen LogP contribution in [0, 0.1) is 0 Å². The van der Waals surface area contributed by atoms with Crippen LogP contribution in [-0.2, 0) is 10.3 Å². The van der Waals surface area contributed by atoms with Gasteiger partial charge in [-0.05, 0) is 36.8 Å². The molecule has 0 saturated heterocycles. The molecular formula is C14H19N3O2S. The van der Waals surface area contributed by atoms with Gasteiger partial charge in [0.1, 0.15) is 0 Å². The number of thiophene rings is 1. The van der Waals surface area contributed by atoms with Gasteiger partial charge in [0.25, 0.3) is 5.89 Å². The van der Waals surface area contributed by atoms with Crippen molar-refractivity contribution in [2.24, 2.45) is 0 Å². The molecule has 6 heteroatoms. The number of rotatable bonds is 4. The lowest BCUT2D eigenvalue weighted by atomic mass is 10.0. The van der Waals surface area contributed by atoms with E-state index < -0.39 is 5.54 Å². The Hall–Kier alpha value is -1.69. The van der Waals surface area contributed by atoms with E-state index in [1.54, 1.807) is 11.3 Å². The summed E-state index contributed by atoms with van der Waals surface area (Å²) in [5.74, 6) is 1.26. The quantitative estimate of drug-likeness (QED) is 0.939. The zero-order valence-electron chi connectivity index (χ0n) is 12.4. The van der Waals surface area contributed by atoms with Crippen LogP contribution in [0.3, 0.4) is 0 Å². The van der Waals surface area contributed by atoms with Crippen molar-refractivity contribution in [2.75, 3.05) is 0 Å². The highest BCUT2D eigenvalue weighted by molar-refractivity contribution is 7.13. The zero-order valence-corrected chi connectivity index (χ0v) is 13.2. The van der Waals surface area contributed by atoms with Gasteiger partial charge < -0.3 is 9.84 Å². The lowest BCUT2D eigenvalue weighted by Crippen LogP contribution is -2.40. The van der Waals surface area contributed by atoms with E-state index in [0.717, 1.165) is 4.88 Å². The van der Waals surface area contributed by atoms with Crippen LogP contribution in [0.1, 0.15) is 51.9 Å². The fourth-order valence-corrected chi connectivity index (χ4v) is 2.99. The number of hydrogen-bond donors (Lipinski definition) is 1. The van der Waals surface area contributed by atoms with Gasteiger partial charge in [-0.2, -0.15) is 4.98 Å². The molecule has 5 nitrogen and oxygen atoms in total. The minimum absolute atomic E-state index is 0.125. The molecule has 0 aromatic carbocycles. The fraction of sp³-hybridized carbons (Fsp3) is 0.500. The highest BCUT2D eigenvalue weighted by Gasteiger charge is 2.28. The van der Waals surface area contributed by atoms with Crippen molar-refractivity contribution in [3.63, 3.8) is 0 Å². The third kappa shape index (κ3) is 2.90. The second-order valence-electron chi connectivity index (χ2n) is 5.59. The molecule has 0 aliphatic rings. The van der Waals surface area contributed by atoms with E-state index in [2.05, 4.69) is 35.4 Å². The summed E-state index contributed by atoms with van der Waals surface area (Å²) < 4.78 is 5.37. The molecule has 0 atom stereocenters. The number of amides is 1. The monoisotopic (exact) mass is 293 g/mol. The van der Waals surface area contributed by atoms with Crippen molar-refractivity contribution in [1.82, 2.24) is 15.5 Å². The minimum atomic E-state index is -0.650. The number of hydrogen-bond acceptors (Lipinski definition) is 5. The zero-order chi connectivity index (χ0) is 14.9. The molecule has 0 radical (unpaired) electrons. The van der Waals surface area contributed by atoms with Gasteiger partial charge in [-0.1, -0.05) is 19.0 Å². The highest BCUT2D eigenvalue weighted by Crippen LogP contribution is 2.33. The Kier molecular flexibility index (Phi) is 3.94. The van der Waals surface area contributed by atoms with Crippen molar-refractivity contribution in [3.8, 4) is 10.8 Å². The lowest BCUT2D eigenvalue weighted by molar-refractivity contribution is -0.120. The predicted octanol–water partition coefficient (Wildman–Crippen LogP) is 3.29. The Labute approximate surface area is 122 Å². The summed E-state index contributed by atoms with van der Waals surface area (Å²) in [6.45, 7) is 9.43. The number of carbonyl (C=O) groups is 1. The van der Waals surface area contributed by atoms with Gasteiger partial charge in [-0.3, -0.25) is 4.79 Å². The molecule has 20 heavy (non-hydrogen) atoms. The largest absolute Gasteiger partial charge is 0.344 e. The summed E-state index contributed by atoms with van der Waals surface area (Å²) >= 11 is 1.59. The maximum atomic E-state index is 11.2. The molecule has 1 amide bonds. The van der Waals surface area contributed by atoms with Crippen LogP contribution in [0.2, 0.25) is 0 Å². The Morgan fingerprint density at radius 1 is 1.45 bits per heavy atom. The minimum Gasteiger partial charge on any atom is -0.344 e. The summed E-state index contributed by atoms with van der Waals surface area (Å²) in [4.78, 5) is 16.7. The molecule has 2 aromatic heterocycles. The molecule has 2 rings (SSSR count). The van der Waals surface area contributed by atoms with Crippen LogP contribution in [0.4, 0.5) is 0 Å². The maximum absolute atomic E-state index is 11.2. The van der Waals surface area contributed by atoms with Gasteiger partial charge in [-0.15, -0.1) is 11.3 Å². The molecule has 0 unspecified atom stereocenters.